The first-order valence-corrected chi connectivity index (χ1v) is 6.86. The van der Waals surface area contributed by atoms with Crippen molar-refractivity contribution in [1.82, 2.24) is 14.8 Å². The van der Waals surface area contributed by atoms with E-state index >= 15 is 0 Å². The summed E-state index contributed by atoms with van der Waals surface area (Å²) < 4.78 is 12.5. The SMILES string of the molecule is COc1ccccc1COC[C@H](O)Cn1nc(C)nc1C. The lowest BCUT2D eigenvalue weighted by Crippen LogP contribution is -2.23. The van der Waals surface area contributed by atoms with Crippen molar-refractivity contribution < 1.29 is 14.6 Å². The topological polar surface area (TPSA) is 69.4 Å². The average Bonchev–Trinajstić information content (AvgIpc) is 2.77. The van der Waals surface area contributed by atoms with Gasteiger partial charge in [-0.15, -0.1) is 0 Å². The van der Waals surface area contributed by atoms with Crippen LogP contribution in [-0.2, 0) is 17.9 Å². The van der Waals surface area contributed by atoms with Gasteiger partial charge in [-0.25, -0.2) is 9.67 Å². The second kappa shape index (κ2) is 7.19. The molecule has 0 spiro atoms. The molecule has 0 fully saturated rings. The first kappa shape index (κ1) is 15.5. The van der Waals surface area contributed by atoms with Crippen LogP contribution in [0, 0.1) is 13.8 Å². The predicted molar refractivity (Wildman–Crippen MR) is 78.2 cm³/mol. The summed E-state index contributed by atoms with van der Waals surface area (Å²) >= 11 is 0. The van der Waals surface area contributed by atoms with Gasteiger partial charge >= 0.3 is 0 Å². The molecule has 2 aromatic rings. The van der Waals surface area contributed by atoms with E-state index in [1.165, 1.54) is 0 Å². The summed E-state index contributed by atoms with van der Waals surface area (Å²) in [4.78, 5) is 4.20. The number of aromatic nitrogens is 3. The van der Waals surface area contributed by atoms with Gasteiger partial charge in [-0.2, -0.15) is 5.10 Å². The van der Waals surface area contributed by atoms with Crippen LogP contribution in [0.25, 0.3) is 0 Å². The third-order valence-electron chi connectivity index (χ3n) is 3.11. The number of ether oxygens (including phenoxy) is 2. The van der Waals surface area contributed by atoms with Gasteiger partial charge in [0.05, 0.1) is 33.0 Å². The van der Waals surface area contributed by atoms with Crippen molar-refractivity contribution >= 4 is 0 Å². The van der Waals surface area contributed by atoms with Crippen LogP contribution in [0.15, 0.2) is 24.3 Å². The van der Waals surface area contributed by atoms with E-state index < -0.39 is 6.10 Å². The molecule has 1 aromatic carbocycles. The summed E-state index contributed by atoms with van der Waals surface area (Å²) in [6.07, 6.45) is -0.625. The minimum Gasteiger partial charge on any atom is -0.496 e. The Hall–Kier alpha value is -1.92. The molecule has 1 N–H and O–H groups in total. The Balaban J connectivity index is 1.81. The quantitative estimate of drug-likeness (QED) is 0.837. The fourth-order valence-electron chi connectivity index (χ4n) is 2.11. The molecule has 0 aliphatic carbocycles. The van der Waals surface area contributed by atoms with Crippen LogP contribution < -0.4 is 4.74 Å². The van der Waals surface area contributed by atoms with Crippen LogP contribution >= 0.6 is 0 Å². The maximum Gasteiger partial charge on any atom is 0.147 e. The van der Waals surface area contributed by atoms with Crippen molar-refractivity contribution in [2.45, 2.75) is 33.1 Å². The van der Waals surface area contributed by atoms with Crippen LogP contribution in [0.1, 0.15) is 17.2 Å². The van der Waals surface area contributed by atoms with Gasteiger partial charge in [0.25, 0.3) is 0 Å². The molecule has 1 aromatic heterocycles. The van der Waals surface area contributed by atoms with Crippen molar-refractivity contribution in [3.8, 4) is 5.75 Å². The Morgan fingerprint density at radius 1 is 1.29 bits per heavy atom. The molecule has 0 bridgehead atoms. The summed E-state index contributed by atoms with van der Waals surface area (Å²) in [5, 5.41) is 14.2. The van der Waals surface area contributed by atoms with Gasteiger partial charge in [-0.05, 0) is 19.9 Å². The molecule has 0 amide bonds. The zero-order chi connectivity index (χ0) is 15.2. The number of hydrogen-bond acceptors (Lipinski definition) is 5. The van der Waals surface area contributed by atoms with E-state index in [0.29, 0.717) is 19.0 Å². The second-order valence-electron chi connectivity index (χ2n) is 4.87. The minimum atomic E-state index is -0.625. The van der Waals surface area contributed by atoms with Crippen LogP contribution in [-0.4, -0.2) is 39.7 Å². The van der Waals surface area contributed by atoms with E-state index in [1.54, 1.807) is 11.8 Å². The third-order valence-corrected chi connectivity index (χ3v) is 3.11. The van der Waals surface area contributed by atoms with Crippen molar-refractivity contribution in [3.05, 3.63) is 41.5 Å². The maximum absolute atomic E-state index is 10.00. The molecule has 6 nitrogen and oxygen atoms in total. The molecule has 1 heterocycles. The van der Waals surface area contributed by atoms with E-state index in [0.717, 1.165) is 17.1 Å². The number of para-hydroxylation sites is 1. The highest BCUT2D eigenvalue weighted by molar-refractivity contribution is 5.32. The summed E-state index contributed by atoms with van der Waals surface area (Å²) in [5.41, 5.74) is 0.958. The molecule has 0 unspecified atom stereocenters. The molecular weight excluding hydrogens is 270 g/mol. The van der Waals surface area contributed by atoms with Crippen LogP contribution in [0.4, 0.5) is 0 Å². The number of aliphatic hydroxyl groups is 1. The van der Waals surface area contributed by atoms with E-state index in [9.17, 15) is 5.11 Å². The van der Waals surface area contributed by atoms with Gasteiger partial charge in [-0.1, -0.05) is 18.2 Å². The largest absolute Gasteiger partial charge is 0.496 e. The number of hydrogen-bond donors (Lipinski definition) is 1. The highest BCUT2D eigenvalue weighted by atomic mass is 16.5. The Kier molecular flexibility index (Phi) is 5.30. The number of aliphatic hydroxyl groups excluding tert-OH is 1. The summed E-state index contributed by atoms with van der Waals surface area (Å²) in [7, 11) is 1.63. The lowest BCUT2D eigenvalue weighted by molar-refractivity contribution is 0.0177. The van der Waals surface area contributed by atoms with E-state index in [1.807, 2.05) is 38.1 Å². The Bertz CT molecular complexity index is 583. The molecule has 21 heavy (non-hydrogen) atoms. The Morgan fingerprint density at radius 2 is 2.05 bits per heavy atom. The first-order chi connectivity index (χ1) is 10.1. The summed E-state index contributed by atoms with van der Waals surface area (Å²) in [6, 6.07) is 7.67. The van der Waals surface area contributed by atoms with Crippen LogP contribution in [0.2, 0.25) is 0 Å². The molecule has 2 rings (SSSR count). The Labute approximate surface area is 124 Å². The number of benzene rings is 1. The van der Waals surface area contributed by atoms with Crippen LogP contribution in [0.5, 0.6) is 5.75 Å². The molecule has 114 valence electrons. The molecule has 0 radical (unpaired) electrons. The number of methoxy groups -OCH3 is 1. The molecule has 1 atom stereocenters. The fourth-order valence-corrected chi connectivity index (χ4v) is 2.11. The average molecular weight is 291 g/mol. The van der Waals surface area contributed by atoms with Gasteiger partial charge in [0, 0.05) is 5.56 Å². The lowest BCUT2D eigenvalue weighted by atomic mass is 10.2. The third kappa shape index (κ3) is 4.27. The Morgan fingerprint density at radius 3 is 2.71 bits per heavy atom. The van der Waals surface area contributed by atoms with E-state index in [2.05, 4.69) is 10.1 Å². The van der Waals surface area contributed by atoms with Crippen molar-refractivity contribution in [2.75, 3.05) is 13.7 Å². The monoisotopic (exact) mass is 291 g/mol. The highest BCUT2D eigenvalue weighted by Gasteiger charge is 2.10. The first-order valence-electron chi connectivity index (χ1n) is 6.86. The molecule has 0 saturated carbocycles. The van der Waals surface area contributed by atoms with Crippen molar-refractivity contribution in [3.63, 3.8) is 0 Å². The van der Waals surface area contributed by atoms with Gasteiger partial charge in [0.15, 0.2) is 0 Å². The standard InChI is InChI=1S/C15H21N3O3/c1-11-16-12(2)18(17-11)8-14(19)10-21-9-13-6-4-5-7-15(13)20-3/h4-7,14,19H,8-10H2,1-3H3/t14-/m1/s1. The fraction of sp³-hybridized carbons (Fsp3) is 0.467. The van der Waals surface area contributed by atoms with Gasteiger partial charge in [-0.3, -0.25) is 0 Å². The van der Waals surface area contributed by atoms with Gasteiger partial charge < -0.3 is 14.6 Å². The molecule has 0 aliphatic rings. The zero-order valence-electron chi connectivity index (χ0n) is 12.6. The molecule has 0 saturated heterocycles. The second-order valence-corrected chi connectivity index (χ2v) is 4.87. The van der Waals surface area contributed by atoms with Gasteiger partial charge in [0.2, 0.25) is 0 Å². The molecule has 0 aliphatic heterocycles. The van der Waals surface area contributed by atoms with E-state index in [-0.39, 0.29) is 6.61 Å². The number of nitrogens with zero attached hydrogens (tertiary/aromatic N) is 3. The molecular formula is C15H21N3O3. The van der Waals surface area contributed by atoms with Gasteiger partial charge in [0.1, 0.15) is 17.4 Å². The number of aryl methyl sites for hydroxylation is 2. The number of rotatable bonds is 7. The highest BCUT2D eigenvalue weighted by Crippen LogP contribution is 2.18. The minimum absolute atomic E-state index is 0.233. The predicted octanol–water partition coefficient (Wildman–Crippen LogP) is 1.48. The van der Waals surface area contributed by atoms with Crippen molar-refractivity contribution in [1.29, 1.82) is 0 Å². The van der Waals surface area contributed by atoms with Crippen LogP contribution in [0.3, 0.4) is 0 Å². The van der Waals surface area contributed by atoms with Crippen molar-refractivity contribution in [2.24, 2.45) is 0 Å². The lowest BCUT2D eigenvalue weighted by Gasteiger charge is -2.13. The molecule has 6 heteroatoms. The zero-order valence-corrected chi connectivity index (χ0v) is 12.6. The summed E-state index contributed by atoms with van der Waals surface area (Å²) in [5.74, 6) is 2.28. The smallest absolute Gasteiger partial charge is 0.147 e. The maximum atomic E-state index is 10.00. The van der Waals surface area contributed by atoms with E-state index in [4.69, 9.17) is 9.47 Å². The summed E-state index contributed by atoms with van der Waals surface area (Å²) in [6.45, 7) is 4.70. The normalized spacial score (nSPS) is 12.4.